The van der Waals surface area contributed by atoms with Gasteiger partial charge in [0, 0.05) is 5.92 Å². The van der Waals surface area contributed by atoms with Gasteiger partial charge in [-0.2, -0.15) is 0 Å². The molecule has 2 aliphatic rings. The lowest BCUT2D eigenvalue weighted by Gasteiger charge is -2.36. The van der Waals surface area contributed by atoms with E-state index in [0.29, 0.717) is 11.8 Å². The molecule has 0 nitrogen and oxygen atoms in total. The Balaban J connectivity index is 0.00000243. The fraction of sp³-hybridized carbons (Fsp3) is 0.571. The van der Waals surface area contributed by atoms with Crippen molar-refractivity contribution in [2.45, 2.75) is 90.0 Å². The van der Waals surface area contributed by atoms with Gasteiger partial charge in [0.2, 0.25) is 0 Å². The molecule has 0 heteroatoms. The molecule has 0 saturated heterocycles. The van der Waals surface area contributed by atoms with Crippen molar-refractivity contribution in [1.82, 2.24) is 0 Å². The largest absolute Gasteiger partial charge is 0.0776 e. The van der Waals surface area contributed by atoms with Gasteiger partial charge in [-0.1, -0.05) is 107 Å². The van der Waals surface area contributed by atoms with Gasteiger partial charge in [0.05, 0.1) is 0 Å². The summed E-state index contributed by atoms with van der Waals surface area (Å²) in [6.45, 7) is 20.9. The normalized spacial score (nSPS) is 21.2. The summed E-state index contributed by atoms with van der Waals surface area (Å²) in [6, 6.07) is 7.12. The van der Waals surface area contributed by atoms with Crippen LogP contribution in [0.5, 0.6) is 0 Å². The van der Waals surface area contributed by atoms with Crippen molar-refractivity contribution in [3.63, 3.8) is 0 Å². The maximum absolute atomic E-state index is 2.50. The molecule has 158 valence electrons. The zero-order valence-electron chi connectivity index (χ0n) is 17.5. The summed E-state index contributed by atoms with van der Waals surface area (Å²) in [6.07, 6.45) is 4.98. The van der Waals surface area contributed by atoms with Gasteiger partial charge in [0.25, 0.3) is 0 Å². The lowest BCUT2D eigenvalue weighted by atomic mass is 9.68. The first kappa shape index (κ1) is 26.4. The van der Waals surface area contributed by atoms with Crippen molar-refractivity contribution < 1.29 is 0 Å². The summed E-state index contributed by atoms with van der Waals surface area (Å²) in [5.74, 6) is 1.07. The van der Waals surface area contributed by atoms with Crippen molar-refractivity contribution in [2.24, 2.45) is 17.3 Å². The second-order valence-corrected chi connectivity index (χ2v) is 10.1. The fourth-order valence-electron chi connectivity index (χ4n) is 4.39. The zero-order chi connectivity index (χ0) is 18.7. The van der Waals surface area contributed by atoms with Gasteiger partial charge in [-0.25, -0.2) is 0 Å². The van der Waals surface area contributed by atoms with E-state index in [1.165, 1.54) is 38.3 Å². The average molecular weight is 383 g/mol. The Bertz CT molecular complexity index is 889. The standard InChI is InChI=1S/C25H34.3CH4/c1-15-12-19(25(7,8)9)14-22-16(2)20-11-10-18(24(4,5)6)13-21(20)17(3)23(15)22;;;/h10-15,23H,1-9H3;3*1H4. The van der Waals surface area contributed by atoms with Gasteiger partial charge in [-0.05, 0) is 63.3 Å². The molecule has 2 atom stereocenters. The molecule has 28 heavy (non-hydrogen) atoms. The van der Waals surface area contributed by atoms with Crippen molar-refractivity contribution in [3.8, 4) is 0 Å². The van der Waals surface area contributed by atoms with Crippen LogP contribution in [-0.4, -0.2) is 0 Å². The van der Waals surface area contributed by atoms with Crippen LogP contribution in [-0.2, 0) is 5.41 Å². The molecule has 1 aromatic rings. The van der Waals surface area contributed by atoms with E-state index in [9.17, 15) is 0 Å². The highest BCUT2D eigenvalue weighted by molar-refractivity contribution is 5.76. The lowest BCUT2D eigenvalue weighted by Crippen LogP contribution is -2.39. The fourth-order valence-corrected chi connectivity index (χ4v) is 4.39. The summed E-state index contributed by atoms with van der Waals surface area (Å²) < 4.78 is 0. The van der Waals surface area contributed by atoms with Gasteiger partial charge in [-0.3, -0.25) is 0 Å². The second kappa shape index (κ2) is 8.44. The van der Waals surface area contributed by atoms with Gasteiger partial charge in [0.1, 0.15) is 0 Å². The zero-order valence-corrected chi connectivity index (χ0v) is 17.5. The number of hydrogen-bond donors (Lipinski definition) is 0. The summed E-state index contributed by atoms with van der Waals surface area (Å²) in [7, 11) is 0. The first-order valence-corrected chi connectivity index (χ1v) is 9.68. The molecule has 0 heterocycles. The van der Waals surface area contributed by atoms with E-state index < -0.39 is 0 Å². The maximum Gasteiger partial charge on any atom is 0.0118 e. The molecule has 0 saturated carbocycles. The number of hydrogen-bond acceptors (Lipinski definition) is 0. The van der Waals surface area contributed by atoms with Gasteiger partial charge in [-0.15, -0.1) is 0 Å². The Labute approximate surface area is 176 Å². The molecule has 0 bridgehead atoms. The third-order valence-corrected chi connectivity index (χ3v) is 6.09. The molecule has 0 aromatic heterocycles. The van der Waals surface area contributed by atoms with Gasteiger partial charge < -0.3 is 0 Å². The highest BCUT2D eigenvalue weighted by atomic mass is 14.4. The molecule has 0 N–H and O–H groups in total. The summed E-state index contributed by atoms with van der Waals surface area (Å²) in [5.41, 5.74) is 7.84. The quantitative estimate of drug-likeness (QED) is 0.438. The van der Waals surface area contributed by atoms with E-state index >= 15 is 0 Å². The van der Waals surface area contributed by atoms with Crippen LogP contribution >= 0.6 is 0 Å². The molecule has 3 rings (SSSR count). The summed E-state index contributed by atoms with van der Waals surface area (Å²) in [4.78, 5) is 0. The Kier molecular flexibility index (Phi) is 7.97. The number of benzene rings is 1. The highest BCUT2D eigenvalue weighted by Gasteiger charge is 2.32. The van der Waals surface area contributed by atoms with Gasteiger partial charge in [0.15, 0.2) is 0 Å². The van der Waals surface area contributed by atoms with Gasteiger partial charge >= 0.3 is 0 Å². The predicted octanol–water partition coefficient (Wildman–Crippen LogP) is 7.41. The van der Waals surface area contributed by atoms with Crippen LogP contribution in [0.2, 0.25) is 0 Å². The summed E-state index contributed by atoms with van der Waals surface area (Å²) >= 11 is 0. The first-order valence-electron chi connectivity index (χ1n) is 9.68. The SMILES string of the molecule is C.C.C.CC1=c2ccc(C(C)(C)C)cc2=C(C)C2C1=CC(C(C)(C)C)=CC2C. The Hall–Kier alpha value is -1.56. The minimum absolute atomic E-state index is 0. The Morgan fingerprint density at radius 3 is 1.86 bits per heavy atom. The molecular formula is C28H46. The average Bonchev–Trinajstić information content (AvgIpc) is 2.49. The minimum Gasteiger partial charge on any atom is -0.0776 e. The summed E-state index contributed by atoms with van der Waals surface area (Å²) in [5, 5.41) is 2.89. The number of allylic oxidation sites excluding steroid dienone is 4. The molecule has 0 radical (unpaired) electrons. The van der Waals surface area contributed by atoms with E-state index in [1.807, 2.05) is 0 Å². The maximum atomic E-state index is 2.50. The van der Waals surface area contributed by atoms with E-state index in [0.717, 1.165) is 0 Å². The van der Waals surface area contributed by atoms with E-state index in [-0.39, 0.29) is 33.1 Å². The molecule has 0 amide bonds. The van der Waals surface area contributed by atoms with Crippen LogP contribution in [0.3, 0.4) is 0 Å². The van der Waals surface area contributed by atoms with E-state index in [2.05, 4.69) is 92.7 Å². The van der Waals surface area contributed by atoms with Crippen LogP contribution in [0.4, 0.5) is 0 Å². The molecule has 2 aliphatic carbocycles. The molecular weight excluding hydrogens is 336 g/mol. The van der Waals surface area contributed by atoms with Crippen molar-refractivity contribution in [3.05, 3.63) is 57.5 Å². The van der Waals surface area contributed by atoms with Crippen LogP contribution in [0.15, 0.2) is 41.5 Å². The van der Waals surface area contributed by atoms with Crippen molar-refractivity contribution >= 4 is 11.1 Å². The van der Waals surface area contributed by atoms with Crippen molar-refractivity contribution in [2.75, 3.05) is 0 Å². The monoisotopic (exact) mass is 382 g/mol. The molecule has 2 unspecified atom stereocenters. The molecule has 0 aliphatic heterocycles. The Morgan fingerprint density at radius 1 is 0.786 bits per heavy atom. The predicted molar refractivity (Wildman–Crippen MR) is 131 cm³/mol. The second-order valence-electron chi connectivity index (χ2n) is 10.1. The van der Waals surface area contributed by atoms with Crippen LogP contribution in [0.25, 0.3) is 11.1 Å². The molecule has 1 aromatic carbocycles. The third-order valence-electron chi connectivity index (χ3n) is 6.09. The smallest absolute Gasteiger partial charge is 0.0118 e. The van der Waals surface area contributed by atoms with Crippen LogP contribution < -0.4 is 10.4 Å². The third kappa shape index (κ3) is 4.37. The van der Waals surface area contributed by atoms with Crippen LogP contribution in [0, 0.1) is 17.3 Å². The minimum atomic E-state index is 0. The Morgan fingerprint density at radius 2 is 1.36 bits per heavy atom. The molecule has 0 spiro atoms. The first-order chi connectivity index (χ1) is 11.4. The van der Waals surface area contributed by atoms with E-state index in [1.54, 1.807) is 0 Å². The number of fused-ring (bicyclic) bond motifs is 2. The topological polar surface area (TPSA) is 0 Å². The lowest BCUT2D eigenvalue weighted by molar-refractivity contribution is 0.488. The molecule has 0 fully saturated rings. The van der Waals surface area contributed by atoms with E-state index in [4.69, 9.17) is 0 Å². The van der Waals surface area contributed by atoms with Crippen molar-refractivity contribution in [1.29, 1.82) is 0 Å². The van der Waals surface area contributed by atoms with Crippen LogP contribution in [0.1, 0.15) is 90.2 Å². The highest BCUT2D eigenvalue weighted by Crippen LogP contribution is 2.43. The number of rotatable bonds is 0.